The zero-order valence-corrected chi connectivity index (χ0v) is 14.2. The number of nitrogens with one attached hydrogen (secondary N) is 2. The third-order valence-electron chi connectivity index (χ3n) is 3.88. The third-order valence-corrected chi connectivity index (χ3v) is 4.65. The van der Waals surface area contributed by atoms with Crippen molar-refractivity contribution in [1.29, 1.82) is 0 Å². The summed E-state index contributed by atoms with van der Waals surface area (Å²) in [6.07, 6.45) is 4.07. The maximum absolute atomic E-state index is 12.2. The summed E-state index contributed by atoms with van der Waals surface area (Å²) in [5, 5.41) is 11.0. The summed E-state index contributed by atoms with van der Waals surface area (Å²) in [6, 6.07) is 0. The van der Waals surface area contributed by atoms with Crippen molar-refractivity contribution in [2.75, 3.05) is 38.7 Å². The molecule has 1 aromatic heterocycles. The molecule has 1 atom stereocenters. The van der Waals surface area contributed by atoms with Crippen molar-refractivity contribution in [2.45, 2.75) is 26.3 Å². The first-order valence-electron chi connectivity index (χ1n) is 7.25. The fourth-order valence-electron chi connectivity index (χ4n) is 2.50. The Morgan fingerprint density at radius 2 is 2.43 bits per heavy atom. The monoisotopic (exact) mass is 358 g/mol. The summed E-state index contributed by atoms with van der Waals surface area (Å²) < 4.78 is 6.91. The highest BCUT2D eigenvalue weighted by Gasteiger charge is 2.26. The fourth-order valence-corrected chi connectivity index (χ4v) is 2.95. The van der Waals surface area contributed by atoms with Crippen LogP contribution in [0.3, 0.4) is 0 Å². The Balaban J connectivity index is 2.03. The van der Waals surface area contributed by atoms with Crippen molar-refractivity contribution in [3.8, 4) is 0 Å². The smallest absolute Gasteiger partial charge is 0.283 e. The van der Waals surface area contributed by atoms with Crippen LogP contribution < -0.4 is 16.2 Å². The quantitative estimate of drug-likeness (QED) is 0.805. The Hall–Kier alpha value is -0.920. The van der Waals surface area contributed by atoms with Gasteiger partial charge in [0.2, 0.25) is 0 Å². The minimum atomic E-state index is -0.135. The molecule has 1 aromatic rings. The third kappa shape index (κ3) is 4.28. The number of ether oxygens (including phenoxy) is 1. The van der Waals surface area contributed by atoms with E-state index in [9.17, 15) is 4.79 Å². The van der Waals surface area contributed by atoms with Crippen molar-refractivity contribution in [3.05, 3.63) is 21.0 Å². The van der Waals surface area contributed by atoms with Crippen LogP contribution in [0.2, 0.25) is 0 Å². The van der Waals surface area contributed by atoms with Crippen LogP contribution in [0.5, 0.6) is 0 Å². The Morgan fingerprint density at radius 1 is 1.62 bits per heavy atom. The molecule has 0 bridgehead atoms. The largest absolute Gasteiger partial charge is 0.383 e. The van der Waals surface area contributed by atoms with Gasteiger partial charge in [-0.05, 0) is 40.7 Å². The Bertz CT molecular complexity index is 526. The van der Waals surface area contributed by atoms with Crippen LogP contribution in [-0.2, 0) is 11.3 Å². The summed E-state index contributed by atoms with van der Waals surface area (Å²) in [5.74, 6) is 0. The molecule has 0 spiro atoms. The van der Waals surface area contributed by atoms with Crippen LogP contribution in [0.25, 0.3) is 0 Å². The van der Waals surface area contributed by atoms with Gasteiger partial charge >= 0.3 is 0 Å². The lowest BCUT2D eigenvalue weighted by Crippen LogP contribution is -2.42. The number of halogens is 1. The molecule has 1 fully saturated rings. The fraction of sp³-hybridized carbons (Fsp3) is 0.714. The number of nitrogens with zero attached hydrogens (tertiary/aromatic N) is 2. The van der Waals surface area contributed by atoms with Gasteiger partial charge in [-0.15, -0.1) is 0 Å². The van der Waals surface area contributed by atoms with Gasteiger partial charge in [-0.2, -0.15) is 5.10 Å². The molecule has 0 saturated carbocycles. The van der Waals surface area contributed by atoms with Gasteiger partial charge in [-0.3, -0.25) is 4.79 Å². The van der Waals surface area contributed by atoms with E-state index in [1.165, 1.54) is 17.5 Å². The molecule has 118 valence electrons. The predicted octanol–water partition coefficient (Wildman–Crippen LogP) is 1.45. The van der Waals surface area contributed by atoms with E-state index >= 15 is 0 Å². The molecule has 2 N–H and O–H groups in total. The molecule has 21 heavy (non-hydrogen) atoms. The number of aromatic nitrogens is 2. The van der Waals surface area contributed by atoms with Gasteiger partial charge in [-0.1, -0.05) is 6.92 Å². The number of methoxy groups -OCH3 is 1. The predicted molar refractivity (Wildman–Crippen MR) is 86.8 cm³/mol. The van der Waals surface area contributed by atoms with Crippen molar-refractivity contribution < 1.29 is 4.74 Å². The highest BCUT2D eigenvalue weighted by molar-refractivity contribution is 9.10. The van der Waals surface area contributed by atoms with E-state index in [4.69, 9.17) is 4.74 Å². The van der Waals surface area contributed by atoms with Crippen LogP contribution in [0, 0.1) is 5.41 Å². The molecule has 0 aromatic carbocycles. The molecule has 0 aliphatic carbocycles. The summed E-state index contributed by atoms with van der Waals surface area (Å²) >= 11 is 3.37. The molecule has 2 heterocycles. The van der Waals surface area contributed by atoms with Crippen LogP contribution in [0.4, 0.5) is 5.69 Å². The van der Waals surface area contributed by atoms with Crippen LogP contribution in [-0.4, -0.2) is 43.1 Å². The lowest BCUT2D eigenvalue weighted by Gasteiger charge is -2.34. The van der Waals surface area contributed by atoms with Crippen molar-refractivity contribution >= 4 is 21.6 Å². The van der Waals surface area contributed by atoms with Gasteiger partial charge in [0.15, 0.2) is 0 Å². The summed E-state index contributed by atoms with van der Waals surface area (Å²) in [4.78, 5) is 12.2. The second-order valence-electron chi connectivity index (χ2n) is 5.84. The van der Waals surface area contributed by atoms with Gasteiger partial charge < -0.3 is 15.4 Å². The number of hydrogen-bond acceptors (Lipinski definition) is 5. The standard InChI is InChI=1S/C14H23BrN4O2/c1-14(4-3-5-16-9-14)10-17-11-8-18-19(6-7-21-2)13(20)12(11)15/h8,16-17H,3-7,9-10H2,1-2H3. The van der Waals surface area contributed by atoms with E-state index in [1.54, 1.807) is 13.3 Å². The van der Waals surface area contributed by atoms with Gasteiger partial charge in [-0.25, -0.2) is 4.68 Å². The van der Waals surface area contributed by atoms with Crippen molar-refractivity contribution in [1.82, 2.24) is 15.1 Å². The van der Waals surface area contributed by atoms with E-state index in [0.29, 0.717) is 17.6 Å². The summed E-state index contributed by atoms with van der Waals surface area (Å²) in [6.45, 7) is 6.09. The van der Waals surface area contributed by atoms with Gasteiger partial charge in [0, 0.05) is 20.2 Å². The molecule has 0 radical (unpaired) electrons. The first-order valence-corrected chi connectivity index (χ1v) is 8.04. The number of rotatable bonds is 6. The highest BCUT2D eigenvalue weighted by Crippen LogP contribution is 2.26. The Kier molecular flexibility index (Phi) is 5.78. The van der Waals surface area contributed by atoms with Crippen LogP contribution >= 0.6 is 15.9 Å². The second kappa shape index (κ2) is 7.38. The minimum absolute atomic E-state index is 0.135. The number of piperidine rings is 1. The molecule has 1 saturated heterocycles. The van der Waals surface area contributed by atoms with Crippen molar-refractivity contribution in [3.63, 3.8) is 0 Å². The van der Waals surface area contributed by atoms with Crippen LogP contribution in [0.1, 0.15) is 19.8 Å². The molecular formula is C14H23BrN4O2. The lowest BCUT2D eigenvalue weighted by molar-refractivity contribution is 0.181. The van der Waals surface area contributed by atoms with E-state index in [0.717, 1.165) is 25.3 Å². The van der Waals surface area contributed by atoms with E-state index in [2.05, 4.69) is 38.6 Å². The molecule has 6 nitrogen and oxygen atoms in total. The zero-order chi connectivity index (χ0) is 15.3. The highest BCUT2D eigenvalue weighted by atomic mass is 79.9. The average Bonchev–Trinajstić information content (AvgIpc) is 2.48. The summed E-state index contributed by atoms with van der Waals surface area (Å²) in [7, 11) is 1.61. The van der Waals surface area contributed by atoms with E-state index < -0.39 is 0 Å². The maximum atomic E-state index is 12.2. The maximum Gasteiger partial charge on any atom is 0.283 e. The Morgan fingerprint density at radius 3 is 3.10 bits per heavy atom. The number of hydrogen-bond donors (Lipinski definition) is 2. The SMILES string of the molecule is COCCn1ncc(NCC2(C)CCCNC2)c(Br)c1=O. The van der Waals surface area contributed by atoms with Crippen molar-refractivity contribution in [2.24, 2.45) is 5.41 Å². The molecule has 1 aliphatic rings. The molecule has 0 amide bonds. The zero-order valence-electron chi connectivity index (χ0n) is 12.6. The van der Waals surface area contributed by atoms with E-state index in [1.807, 2.05) is 0 Å². The first-order chi connectivity index (χ1) is 10.1. The Labute approximate surface area is 133 Å². The molecule has 1 unspecified atom stereocenters. The summed E-state index contributed by atoms with van der Waals surface area (Å²) in [5.41, 5.74) is 0.826. The topological polar surface area (TPSA) is 68.2 Å². The normalized spacial score (nSPS) is 22.2. The van der Waals surface area contributed by atoms with Gasteiger partial charge in [0.05, 0.1) is 25.0 Å². The molecule has 7 heteroatoms. The second-order valence-corrected chi connectivity index (χ2v) is 6.63. The van der Waals surface area contributed by atoms with Gasteiger partial charge in [0.1, 0.15) is 4.47 Å². The average molecular weight is 359 g/mol. The lowest BCUT2D eigenvalue weighted by atomic mass is 9.83. The minimum Gasteiger partial charge on any atom is -0.383 e. The first kappa shape index (κ1) is 16.5. The molecular weight excluding hydrogens is 336 g/mol. The van der Waals surface area contributed by atoms with E-state index in [-0.39, 0.29) is 11.0 Å². The van der Waals surface area contributed by atoms with Gasteiger partial charge in [0.25, 0.3) is 5.56 Å². The van der Waals surface area contributed by atoms with Crippen LogP contribution in [0.15, 0.2) is 15.5 Å². The molecule has 2 rings (SSSR count). The molecule has 1 aliphatic heterocycles. The number of anilines is 1.